The van der Waals surface area contributed by atoms with Gasteiger partial charge in [-0.3, -0.25) is 0 Å². The molecule has 2 aromatic carbocycles. The molecule has 146 valence electrons. The van der Waals surface area contributed by atoms with Gasteiger partial charge in [0.25, 0.3) is 0 Å². The fourth-order valence-electron chi connectivity index (χ4n) is 2.41. The van der Waals surface area contributed by atoms with Crippen molar-refractivity contribution in [3.63, 3.8) is 0 Å². The number of nitrogens with two attached hydrogens (primary N) is 1. The summed E-state index contributed by atoms with van der Waals surface area (Å²) >= 11 is 6.01. The van der Waals surface area contributed by atoms with Crippen molar-refractivity contribution in [3.05, 3.63) is 59.4 Å². The number of methoxy groups -OCH3 is 1. The summed E-state index contributed by atoms with van der Waals surface area (Å²) in [5, 5.41) is 6.24. The van der Waals surface area contributed by atoms with Gasteiger partial charge in [-0.25, -0.2) is 9.97 Å². The molecule has 0 atom stereocenters. The quantitative estimate of drug-likeness (QED) is 0.535. The zero-order chi connectivity index (χ0) is 20.3. The number of benzene rings is 2. The predicted molar refractivity (Wildman–Crippen MR) is 102 cm³/mol. The molecule has 1 heterocycles. The van der Waals surface area contributed by atoms with Crippen LogP contribution in [0, 0.1) is 0 Å². The van der Waals surface area contributed by atoms with Crippen LogP contribution in [0.5, 0.6) is 5.75 Å². The Morgan fingerprint density at radius 2 is 1.75 bits per heavy atom. The van der Waals surface area contributed by atoms with E-state index in [1.165, 1.54) is 25.6 Å². The monoisotopic (exact) mass is 409 g/mol. The second-order valence-electron chi connectivity index (χ2n) is 5.66. The Labute approximate surface area is 163 Å². The maximum Gasteiger partial charge on any atom is 0.416 e. The summed E-state index contributed by atoms with van der Waals surface area (Å²) in [6.45, 7) is 0. The molecule has 10 heteroatoms. The van der Waals surface area contributed by atoms with Crippen LogP contribution in [0.2, 0.25) is 5.02 Å². The standard InChI is InChI=1S/C18H15ClF3N5O/c1-28-14-6-5-11(19)8-13(14)27-17-15(23)16(24-9-25-17)26-12-4-2-3-10(7-12)18(20,21)22/h2-9H,23H2,1H3,(H2,24,25,26,27). The molecule has 3 rings (SSSR count). The van der Waals surface area contributed by atoms with Crippen molar-refractivity contribution in [1.82, 2.24) is 9.97 Å². The fourth-order valence-corrected chi connectivity index (χ4v) is 2.58. The number of ether oxygens (including phenoxy) is 1. The Bertz CT molecular complexity index is 997. The number of anilines is 5. The van der Waals surface area contributed by atoms with E-state index in [0.29, 0.717) is 16.5 Å². The number of nitrogens with zero attached hydrogens (tertiary/aromatic N) is 2. The normalized spacial score (nSPS) is 11.2. The lowest BCUT2D eigenvalue weighted by Crippen LogP contribution is -2.07. The SMILES string of the molecule is COc1ccc(Cl)cc1Nc1ncnc(Nc2cccc(C(F)(F)F)c2)c1N. The summed E-state index contributed by atoms with van der Waals surface area (Å²) in [5.41, 5.74) is 6.12. The Hall–Kier alpha value is -3.20. The van der Waals surface area contributed by atoms with Gasteiger partial charge in [-0.1, -0.05) is 17.7 Å². The fraction of sp³-hybridized carbons (Fsp3) is 0.111. The summed E-state index contributed by atoms with van der Waals surface area (Å²) in [7, 11) is 1.50. The summed E-state index contributed by atoms with van der Waals surface area (Å²) in [4.78, 5) is 8.07. The highest BCUT2D eigenvalue weighted by atomic mass is 35.5. The zero-order valence-electron chi connectivity index (χ0n) is 14.5. The highest BCUT2D eigenvalue weighted by Gasteiger charge is 2.30. The highest BCUT2D eigenvalue weighted by molar-refractivity contribution is 6.31. The topological polar surface area (TPSA) is 85.1 Å². The van der Waals surface area contributed by atoms with Crippen LogP contribution in [-0.4, -0.2) is 17.1 Å². The number of nitrogens with one attached hydrogen (secondary N) is 2. The average molecular weight is 410 g/mol. The molecule has 6 nitrogen and oxygen atoms in total. The molecule has 3 aromatic rings. The molecule has 0 aliphatic rings. The first-order valence-electron chi connectivity index (χ1n) is 7.93. The molecule has 0 spiro atoms. The number of aromatic nitrogens is 2. The minimum atomic E-state index is -4.45. The minimum absolute atomic E-state index is 0.113. The molecule has 0 radical (unpaired) electrons. The van der Waals surface area contributed by atoms with E-state index < -0.39 is 11.7 Å². The molecule has 0 unspecified atom stereocenters. The second kappa shape index (κ2) is 7.81. The van der Waals surface area contributed by atoms with Crippen molar-refractivity contribution in [1.29, 1.82) is 0 Å². The van der Waals surface area contributed by atoms with E-state index in [1.54, 1.807) is 18.2 Å². The van der Waals surface area contributed by atoms with Gasteiger partial charge in [0.15, 0.2) is 11.6 Å². The summed E-state index contributed by atoms with van der Waals surface area (Å²) in [5.74, 6) is 0.901. The lowest BCUT2D eigenvalue weighted by molar-refractivity contribution is -0.137. The van der Waals surface area contributed by atoms with Gasteiger partial charge in [0, 0.05) is 10.7 Å². The van der Waals surface area contributed by atoms with E-state index >= 15 is 0 Å². The van der Waals surface area contributed by atoms with Crippen LogP contribution in [0.15, 0.2) is 48.8 Å². The summed E-state index contributed by atoms with van der Waals surface area (Å²) in [6.07, 6.45) is -3.23. The van der Waals surface area contributed by atoms with Crippen LogP contribution in [0.4, 0.5) is 41.9 Å². The number of hydrogen-bond acceptors (Lipinski definition) is 6. The maximum atomic E-state index is 12.9. The molecule has 0 bridgehead atoms. The summed E-state index contributed by atoms with van der Waals surface area (Å²) < 4.78 is 43.9. The van der Waals surface area contributed by atoms with E-state index in [0.717, 1.165) is 12.1 Å². The smallest absolute Gasteiger partial charge is 0.416 e. The van der Waals surface area contributed by atoms with Crippen molar-refractivity contribution in [2.75, 3.05) is 23.5 Å². The van der Waals surface area contributed by atoms with Crippen molar-refractivity contribution in [2.45, 2.75) is 6.18 Å². The molecule has 0 saturated heterocycles. The first kappa shape index (κ1) is 19.6. The van der Waals surface area contributed by atoms with Gasteiger partial charge in [-0.2, -0.15) is 13.2 Å². The average Bonchev–Trinajstić information content (AvgIpc) is 2.65. The molecule has 28 heavy (non-hydrogen) atoms. The first-order valence-corrected chi connectivity index (χ1v) is 8.31. The molecule has 0 saturated carbocycles. The Morgan fingerprint density at radius 3 is 2.43 bits per heavy atom. The number of nitrogen functional groups attached to an aromatic ring is 1. The zero-order valence-corrected chi connectivity index (χ0v) is 15.3. The van der Waals surface area contributed by atoms with Gasteiger partial charge in [0.2, 0.25) is 0 Å². The van der Waals surface area contributed by atoms with Crippen LogP contribution in [0.3, 0.4) is 0 Å². The highest BCUT2D eigenvalue weighted by Crippen LogP contribution is 2.35. The van der Waals surface area contributed by atoms with Gasteiger partial charge in [0.1, 0.15) is 17.8 Å². The van der Waals surface area contributed by atoms with Crippen LogP contribution in [-0.2, 0) is 6.18 Å². The Kier molecular flexibility index (Phi) is 5.46. The van der Waals surface area contributed by atoms with E-state index in [9.17, 15) is 13.2 Å². The second-order valence-corrected chi connectivity index (χ2v) is 6.09. The van der Waals surface area contributed by atoms with Gasteiger partial charge >= 0.3 is 6.18 Å². The van der Waals surface area contributed by atoms with Gasteiger partial charge in [-0.05, 0) is 36.4 Å². The molecule has 0 aliphatic carbocycles. The summed E-state index contributed by atoms with van der Waals surface area (Å²) in [6, 6.07) is 9.67. The minimum Gasteiger partial charge on any atom is -0.495 e. The molecular formula is C18H15ClF3N5O. The third-order valence-corrected chi connectivity index (χ3v) is 3.99. The van der Waals surface area contributed by atoms with Gasteiger partial charge < -0.3 is 21.1 Å². The molecular weight excluding hydrogens is 395 g/mol. The van der Waals surface area contributed by atoms with E-state index in [-0.39, 0.29) is 23.0 Å². The van der Waals surface area contributed by atoms with E-state index in [1.807, 2.05) is 0 Å². The van der Waals surface area contributed by atoms with Crippen molar-refractivity contribution >= 4 is 40.3 Å². The molecule has 0 fully saturated rings. The van der Waals surface area contributed by atoms with Gasteiger partial charge in [-0.15, -0.1) is 0 Å². The van der Waals surface area contributed by atoms with Crippen LogP contribution < -0.4 is 21.1 Å². The lowest BCUT2D eigenvalue weighted by Gasteiger charge is -2.15. The van der Waals surface area contributed by atoms with Crippen LogP contribution in [0.1, 0.15) is 5.56 Å². The molecule has 1 aromatic heterocycles. The third-order valence-electron chi connectivity index (χ3n) is 3.75. The number of halogens is 4. The van der Waals surface area contributed by atoms with Crippen LogP contribution >= 0.6 is 11.6 Å². The van der Waals surface area contributed by atoms with Crippen molar-refractivity contribution in [3.8, 4) is 5.75 Å². The molecule has 0 amide bonds. The Morgan fingerprint density at radius 1 is 1.04 bits per heavy atom. The number of rotatable bonds is 5. The van der Waals surface area contributed by atoms with Crippen molar-refractivity contribution in [2.24, 2.45) is 0 Å². The molecule has 0 aliphatic heterocycles. The maximum absolute atomic E-state index is 12.9. The largest absolute Gasteiger partial charge is 0.495 e. The van der Waals surface area contributed by atoms with E-state index in [4.69, 9.17) is 22.1 Å². The number of hydrogen-bond donors (Lipinski definition) is 3. The predicted octanol–water partition coefficient (Wildman–Crippen LogP) is 5.23. The number of alkyl halides is 3. The third kappa shape index (κ3) is 4.37. The van der Waals surface area contributed by atoms with E-state index in [2.05, 4.69) is 20.6 Å². The lowest BCUT2D eigenvalue weighted by atomic mass is 10.2. The van der Waals surface area contributed by atoms with Gasteiger partial charge in [0.05, 0.1) is 18.4 Å². The first-order chi connectivity index (χ1) is 13.3. The molecule has 4 N–H and O–H groups in total. The van der Waals surface area contributed by atoms with Crippen LogP contribution in [0.25, 0.3) is 0 Å². The Balaban J connectivity index is 1.89. The van der Waals surface area contributed by atoms with Crippen molar-refractivity contribution < 1.29 is 17.9 Å².